The molecule has 0 bridgehead atoms. The monoisotopic (exact) mass is 203 g/mol. The summed E-state index contributed by atoms with van der Waals surface area (Å²) in [6, 6.07) is 0. The molecule has 0 aromatic carbocycles. The molecule has 2 aromatic heterocycles. The van der Waals surface area contributed by atoms with Gasteiger partial charge in [0.1, 0.15) is 5.52 Å². The highest BCUT2D eigenvalue weighted by Gasteiger charge is 2.02. The molecule has 0 aliphatic rings. The molecule has 2 heterocycles. The fourth-order valence-electron chi connectivity index (χ4n) is 1.36. The Morgan fingerprint density at radius 1 is 1.40 bits per heavy atom. The zero-order valence-electron chi connectivity index (χ0n) is 8.59. The Kier molecular flexibility index (Phi) is 2.62. The van der Waals surface area contributed by atoms with Crippen LogP contribution in [0.1, 0.15) is 13.3 Å². The van der Waals surface area contributed by atoms with Crippen LogP contribution in [-0.2, 0) is 6.54 Å². The van der Waals surface area contributed by atoms with Gasteiger partial charge in [-0.15, -0.1) is 0 Å². The maximum absolute atomic E-state index is 5.47. The van der Waals surface area contributed by atoms with Crippen LogP contribution in [0.25, 0.3) is 11.2 Å². The number of allylic oxidation sites excluding steroid dienone is 2. The fraction of sp³-hybridized carbons (Fsp3) is 0.300. The average Bonchev–Trinajstić information content (AvgIpc) is 2.61. The van der Waals surface area contributed by atoms with E-state index < -0.39 is 0 Å². The van der Waals surface area contributed by atoms with Crippen molar-refractivity contribution in [1.82, 2.24) is 19.5 Å². The second kappa shape index (κ2) is 4.08. The Morgan fingerprint density at radius 2 is 2.27 bits per heavy atom. The first kappa shape index (κ1) is 9.64. The Balaban J connectivity index is 2.32. The molecule has 2 rings (SSSR count). The highest BCUT2D eigenvalue weighted by molar-refractivity contribution is 5.70. The molecule has 2 aromatic rings. The van der Waals surface area contributed by atoms with Crippen molar-refractivity contribution in [3.8, 4) is 0 Å². The number of nitrogen functional groups attached to an aromatic ring is 1. The summed E-state index contributed by atoms with van der Waals surface area (Å²) in [4.78, 5) is 12.1. The van der Waals surface area contributed by atoms with Gasteiger partial charge in [-0.25, -0.2) is 9.97 Å². The van der Waals surface area contributed by atoms with Crippen LogP contribution < -0.4 is 5.73 Å². The Bertz CT molecular complexity index is 486. The van der Waals surface area contributed by atoms with Crippen LogP contribution in [0.2, 0.25) is 0 Å². The summed E-state index contributed by atoms with van der Waals surface area (Å²) in [5.74, 6) is 0.261. The third-order valence-electron chi connectivity index (χ3n) is 2.10. The minimum atomic E-state index is 0.261. The van der Waals surface area contributed by atoms with E-state index in [2.05, 4.69) is 34.0 Å². The summed E-state index contributed by atoms with van der Waals surface area (Å²) in [5.41, 5.74) is 7.02. The summed E-state index contributed by atoms with van der Waals surface area (Å²) < 4.78 is 1.99. The van der Waals surface area contributed by atoms with E-state index in [1.807, 2.05) is 4.57 Å². The summed E-state index contributed by atoms with van der Waals surface area (Å²) >= 11 is 0. The third kappa shape index (κ3) is 1.96. The molecule has 0 radical (unpaired) electrons. The first-order valence-electron chi connectivity index (χ1n) is 4.89. The van der Waals surface area contributed by atoms with Crippen LogP contribution in [0.3, 0.4) is 0 Å². The second-order valence-electron chi connectivity index (χ2n) is 3.21. The van der Waals surface area contributed by atoms with Crippen molar-refractivity contribution >= 4 is 17.1 Å². The number of nitrogens with zero attached hydrogens (tertiary/aromatic N) is 4. The van der Waals surface area contributed by atoms with Gasteiger partial charge in [0.05, 0.1) is 12.5 Å². The van der Waals surface area contributed by atoms with Gasteiger partial charge in [-0.2, -0.15) is 4.98 Å². The fourth-order valence-corrected chi connectivity index (χ4v) is 1.36. The molecule has 0 unspecified atom stereocenters. The minimum absolute atomic E-state index is 0.261. The van der Waals surface area contributed by atoms with E-state index in [1.165, 1.54) is 0 Å². The van der Waals surface area contributed by atoms with Gasteiger partial charge in [0.2, 0.25) is 5.95 Å². The van der Waals surface area contributed by atoms with Crippen molar-refractivity contribution in [2.75, 3.05) is 5.73 Å². The summed E-state index contributed by atoms with van der Waals surface area (Å²) in [6.45, 7) is 2.89. The van der Waals surface area contributed by atoms with Crippen LogP contribution in [0.5, 0.6) is 0 Å². The molecule has 5 heteroatoms. The number of fused-ring (bicyclic) bond motifs is 1. The van der Waals surface area contributed by atoms with Crippen LogP contribution >= 0.6 is 0 Å². The summed E-state index contributed by atoms with van der Waals surface area (Å²) in [6.07, 6.45) is 8.70. The normalized spacial score (nSPS) is 11.5. The van der Waals surface area contributed by atoms with Gasteiger partial charge in [0, 0.05) is 6.54 Å². The first-order chi connectivity index (χ1) is 7.31. The average molecular weight is 203 g/mol. The highest BCUT2D eigenvalue weighted by atomic mass is 15.1. The molecular formula is C10H13N5. The molecule has 0 saturated carbocycles. The lowest BCUT2D eigenvalue weighted by Crippen LogP contribution is -1.97. The molecule has 0 amide bonds. The molecule has 0 saturated heterocycles. The van der Waals surface area contributed by atoms with E-state index in [0.29, 0.717) is 5.65 Å². The molecule has 15 heavy (non-hydrogen) atoms. The molecule has 2 N–H and O–H groups in total. The zero-order chi connectivity index (χ0) is 10.7. The van der Waals surface area contributed by atoms with E-state index in [1.54, 1.807) is 12.5 Å². The summed E-state index contributed by atoms with van der Waals surface area (Å²) in [7, 11) is 0. The topological polar surface area (TPSA) is 69.6 Å². The molecule has 78 valence electrons. The lowest BCUT2D eigenvalue weighted by molar-refractivity contribution is 0.844. The molecular weight excluding hydrogens is 190 g/mol. The smallest absolute Gasteiger partial charge is 0.222 e. The van der Waals surface area contributed by atoms with Crippen molar-refractivity contribution in [3.05, 3.63) is 24.7 Å². The predicted molar refractivity (Wildman–Crippen MR) is 59.2 cm³/mol. The Hall–Kier alpha value is -1.91. The highest BCUT2D eigenvalue weighted by Crippen LogP contribution is 2.09. The van der Waals surface area contributed by atoms with Gasteiger partial charge in [0.15, 0.2) is 5.65 Å². The maximum Gasteiger partial charge on any atom is 0.222 e. The number of hydrogen-bond acceptors (Lipinski definition) is 4. The largest absolute Gasteiger partial charge is 0.368 e. The lowest BCUT2D eigenvalue weighted by Gasteiger charge is -1.98. The predicted octanol–water partition coefficient (Wildman–Crippen LogP) is 1.37. The third-order valence-corrected chi connectivity index (χ3v) is 2.10. The zero-order valence-corrected chi connectivity index (χ0v) is 8.59. The van der Waals surface area contributed by atoms with Crippen molar-refractivity contribution in [2.45, 2.75) is 19.9 Å². The molecule has 5 nitrogen and oxygen atoms in total. The molecule has 0 spiro atoms. The van der Waals surface area contributed by atoms with Crippen molar-refractivity contribution in [2.24, 2.45) is 0 Å². The maximum atomic E-state index is 5.47. The van der Waals surface area contributed by atoms with Gasteiger partial charge >= 0.3 is 0 Å². The van der Waals surface area contributed by atoms with Gasteiger partial charge in [0.25, 0.3) is 0 Å². The van der Waals surface area contributed by atoms with Crippen molar-refractivity contribution < 1.29 is 0 Å². The van der Waals surface area contributed by atoms with Crippen molar-refractivity contribution in [1.29, 1.82) is 0 Å². The number of rotatable bonds is 3. The van der Waals surface area contributed by atoms with E-state index in [-0.39, 0.29) is 5.95 Å². The van der Waals surface area contributed by atoms with Gasteiger partial charge < -0.3 is 10.3 Å². The molecule has 0 aliphatic heterocycles. The number of imidazole rings is 1. The number of aromatic nitrogens is 4. The van der Waals surface area contributed by atoms with Crippen LogP contribution in [0.4, 0.5) is 5.95 Å². The minimum Gasteiger partial charge on any atom is -0.368 e. The standard InChI is InChI=1S/C10H13N5/c1-2-3-4-5-15-7-13-9-8(15)6-12-10(11)14-9/h3-4,6-7H,2,5H2,1H3,(H2,11,12,14)/b4-3-. The van der Waals surface area contributed by atoms with Gasteiger partial charge in [-0.05, 0) is 6.42 Å². The van der Waals surface area contributed by atoms with E-state index >= 15 is 0 Å². The van der Waals surface area contributed by atoms with Crippen LogP contribution in [-0.4, -0.2) is 19.5 Å². The van der Waals surface area contributed by atoms with E-state index in [0.717, 1.165) is 18.5 Å². The number of anilines is 1. The summed E-state index contributed by atoms with van der Waals surface area (Å²) in [5, 5.41) is 0. The Morgan fingerprint density at radius 3 is 3.07 bits per heavy atom. The lowest BCUT2D eigenvalue weighted by atomic mass is 10.4. The molecule has 0 fully saturated rings. The van der Waals surface area contributed by atoms with E-state index in [4.69, 9.17) is 5.73 Å². The number of hydrogen-bond donors (Lipinski definition) is 1. The van der Waals surface area contributed by atoms with E-state index in [9.17, 15) is 0 Å². The molecule has 0 atom stereocenters. The van der Waals surface area contributed by atoms with Crippen LogP contribution in [0.15, 0.2) is 24.7 Å². The van der Waals surface area contributed by atoms with Crippen LogP contribution in [0, 0.1) is 0 Å². The number of nitrogens with two attached hydrogens (primary N) is 1. The Labute approximate surface area is 87.7 Å². The second-order valence-corrected chi connectivity index (χ2v) is 3.21. The SMILES string of the molecule is CC/C=C\Cn1cnc2nc(N)ncc21. The van der Waals surface area contributed by atoms with Gasteiger partial charge in [-0.1, -0.05) is 19.1 Å². The first-order valence-corrected chi connectivity index (χ1v) is 4.89. The van der Waals surface area contributed by atoms with Gasteiger partial charge in [-0.3, -0.25) is 0 Å². The quantitative estimate of drug-likeness (QED) is 0.765. The van der Waals surface area contributed by atoms with Crippen molar-refractivity contribution in [3.63, 3.8) is 0 Å². The molecule has 0 aliphatic carbocycles.